The molecule has 4 rings (SSSR count). The molecule has 0 unspecified atom stereocenters. The zero-order valence-electron chi connectivity index (χ0n) is 18.0. The van der Waals surface area contributed by atoms with Crippen LogP contribution >= 0.6 is 0 Å². The average molecular weight is 418 g/mol. The van der Waals surface area contributed by atoms with Crippen LogP contribution in [0.2, 0.25) is 0 Å². The van der Waals surface area contributed by atoms with Crippen molar-refractivity contribution >= 4 is 27.7 Å². The lowest BCUT2D eigenvalue weighted by Crippen LogP contribution is -2.31. The summed E-state index contributed by atoms with van der Waals surface area (Å²) in [5.74, 6) is -0.307. The highest BCUT2D eigenvalue weighted by molar-refractivity contribution is 6.16. The Hall–Kier alpha value is -3.45. The van der Waals surface area contributed by atoms with Gasteiger partial charge in [0, 0.05) is 43.1 Å². The van der Waals surface area contributed by atoms with E-state index >= 15 is 0 Å². The highest BCUT2D eigenvalue weighted by atomic mass is 16.5. The molecule has 2 aromatic carbocycles. The number of para-hydroxylation sites is 1. The Balaban J connectivity index is 1.89. The molecule has 160 valence electrons. The third-order valence-corrected chi connectivity index (χ3v) is 5.39. The molecular formula is C24H26N4O3. The van der Waals surface area contributed by atoms with Crippen LogP contribution in [0.3, 0.4) is 0 Å². The summed E-state index contributed by atoms with van der Waals surface area (Å²) < 4.78 is 8.49. The van der Waals surface area contributed by atoms with Gasteiger partial charge in [0.1, 0.15) is 5.52 Å². The minimum atomic E-state index is -0.307. The molecular weight excluding hydrogens is 392 g/mol. The van der Waals surface area contributed by atoms with Gasteiger partial charge in [-0.3, -0.25) is 9.59 Å². The maximum absolute atomic E-state index is 13.4. The van der Waals surface area contributed by atoms with Crippen LogP contribution in [0.5, 0.6) is 0 Å². The molecule has 1 amide bonds. The molecule has 0 radical (unpaired) electrons. The lowest BCUT2D eigenvalue weighted by Gasteiger charge is -2.11. The number of nitrogens with zero attached hydrogens (tertiary/aromatic N) is 3. The maximum atomic E-state index is 13.4. The third-order valence-electron chi connectivity index (χ3n) is 5.39. The van der Waals surface area contributed by atoms with Gasteiger partial charge in [0.2, 0.25) is 0 Å². The Kier molecular flexibility index (Phi) is 5.86. The van der Waals surface area contributed by atoms with Crippen LogP contribution in [0.25, 0.3) is 27.5 Å². The number of carbonyl (C=O) groups excluding carboxylic acids is 1. The van der Waals surface area contributed by atoms with Crippen LogP contribution < -0.4 is 10.9 Å². The minimum Gasteiger partial charge on any atom is -0.382 e. The zero-order chi connectivity index (χ0) is 22.0. The Morgan fingerprint density at radius 2 is 1.87 bits per heavy atom. The summed E-state index contributed by atoms with van der Waals surface area (Å²) in [6.45, 7) is 5.61. The van der Waals surface area contributed by atoms with Crippen molar-refractivity contribution in [3.8, 4) is 5.69 Å². The predicted molar refractivity (Wildman–Crippen MR) is 122 cm³/mol. The fraction of sp³-hybridized carbons (Fsp3) is 0.292. The SMILES string of the molecule is CCOCCCNC(=O)c1nn(-c2ccc(C)cc2)c(=O)c2c1c1ccccc1n2C. The molecule has 0 fully saturated rings. The molecule has 0 bridgehead atoms. The van der Waals surface area contributed by atoms with Crippen molar-refractivity contribution < 1.29 is 9.53 Å². The number of aromatic nitrogens is 3. The summed E-state index contributed by atoms with van der Waals surface area (Å²) in [6, 6.07) is 15.2. The fourth-order valence-electron chi connectivity index (χ4n) is 3.80. The second-order valence-electron chi connectivity index (χ2n) is 7.51. The summed E-state index contributed by atoms with van der Waals surface area (Å²) in [7, 11) is 1.84. The van der Waals surface area contributed by atoms with E-state index in [1.54, 1.807) is 0 Å². The van der Waals surface area contributed by atoms with E-state index in [0.717, 1.165) is 16.5 Å². The van der Waals surface area contributed by atoms with E-state index in [0.29, 0.717) is 42.8 Å². The van der Waals surface area contributed by atoms with E-state index in [4.69, 9.17) is 4.74 Å². The molecule has 0 aliphatic rings. The van der Waals surface area contributed by atoms with Crippen LogP contribution in [0.4, 0.5) is 0 Å². The lowest BCUT2D eigenvalue weighted by atomic mass is 10.1. The lowest BCUT2D eigenvalue weighted by molar-refractivity contribution is 0.0939. The molecule has 2 aromatic heterocycles. The molecule has 1 N–H and O–H groups in total. The van der Waals surface area contributed by atoms with Crippen molar-refractivity contribution in [1.82, 2.24) is 19.7 Å². The molecule has 7 nitrogen and oxygen atoms in total. The third kappa shape index (κ3) is 3.84. The molecule has 0 aliphatic carbocycles. The standard InChI is InChI=1S/C24H26N4O3/c1-4-31-15-7-14-25-23(29)21-20-18-8-5-6-9-19(18)27(3)22(20)24(30)28(26-21)17-12-10-16(2)11-13-17/h5-6,8-13H,4,7,14-15H2,1-3H3,(H,25,29). The summed E-state index contributed by atoms with van der Waals surface area (Å²) in [5.41, 5.74) is 3.01. The van der Waals surface area contributed by atoms with Crippen LogP contribution in [-0.2, 0) is 11.8 Å². The van der Waals surface area contributed by atoms with Crippen LogP contribution in [-0.4, -0.2) is 40.0 Å². The van der Waals surface area contributed by atoms with Crippen molar-refractivity contribution in [3.63, 3.8) is 0 Å². The van der Waals surface area contributed by atoms with Crippen molar-refractivity contribution in [2.45, 2.75) is 20.3 Å². The van der Waals surface area contributed by atoms with Gasteiger partial charge in [-0.05, 0) is 38.5 Å². The van der Waals surface area contributed by atoms with Crippen LogP contribution in [0.1, 0.15) is 29.4 Å². The summed E-state index contributed by atoms with van der Waals surface area (Å²) in [5, 5.41) is 8.86. The summed E-state index contributed by atoms with van der Waals surface area (Å²) in [4.78, 5) is 26.6. The topological polar surface area (TPSA) is 78.2 Å². The van der Waals surface area contributed by atoms with Crippen molar-refractivity contribution in [3.05, 3.63) is 70.1 Å². The monoisotopic (exact) mass is 418 g/mol. The Bertz CT molecular complexity index is 1300. The predicted octanol–water partition coefficient (Wildman–Crippen LogP) is 3.34. The van der Waals surface area contributed by atoms with Crippen LogP contribution in [0.15, 0.2) is 53.3 Å². The normalized spacial score (nSPS) is 11.3. The number of benzene rings is 2. The molecule has 0 atom stereocenters. The quantitative estimate of drug-likeness (QED) is 0.467. The second kappa shape index (κ2) is 8.73. The van der Waals surface area contributed by atoms with E-state index in [9.17, 15) is 9.59 Å². The van der Waals surface area contributed by atoms with Gasteiger partial charge in [-0.25, -0.2) is 0 Å². The van der Waals surface area contributed by atoms with Gasteiger partial charge < -0.3 is 14.6 Å². The van der Waals surface area contributed by atoms with Gasteiger partial charge in [0.15, 0.2) is 5.69 Å². The molecule has 2 heterocycles. The first-order valence-electron chi connectivity index (χ1n) is 10.5. The van der Waals surface area contributed by atoms with Crippen molar-refractivity contribution in [1.29, 1.82) is 0 Å². The zero-order valence-corrected chi connectivity index (χ0v) is 18.0. The van der Waals surface area contributed by atoms with Gasteiger partial charge in [0.05, 0.1) is 5.69 Å². The highest BCUT2D eigenvalue weighted by Crippen LogP contribution is 2.28. The fourth-order valence-corrected chi connectivity index (χ4v) is 3.80. The summed E-state index contributed by atoms with van der Waals surface area (Å²) in [6.07, 6.45) is 0.704. The molecule has 4 aromatic rings. The molecule has 0 spiro atoms. The first-order chi connectivity index (χ1) is 15.0. The van der Waals surface area contributed by atoms with Gasteiger partial charge in [-0.2, -0.15) is 9.78 Å². The Morgan fingerprint density at radius 3 is 2.61 bits per heavy atom. The Morgan fingerprint density at radius 1 is 1.13 bits per heavy atom. The molecule has 0 saturated carbocycles. The minimum absolute atomic E-state index is 0.239. The van der Waals surface area contributed by atoms with Gasteiger partial charge >= 0.3 is 0 Å². The largest absolute Gasteiger partial charge is 0.382 e. The number of carbonyl (C=O) groups is 1. The van der Waals surface area contributed by atoms with Gasteiger partial charge in [-0.1, -0.05) is 35.9 Å². The maximum Gasteiger partial charge on any atom is 0.296 e. The number of rotatable bonds is 7. The van der Waals surface area contributed by atoms with E-state index in [1.807, 2.05) is 74.0 Å². The Labute approximate surface area is 180 Å². The molecule has 31 heavy (non-hydrogen) atoms. The number of hydrogen-bond donors (Lipinski definition) is 1. The van der Waals surface area contributed by atoms with E-state index < -0.39 is 0 Å². The van der Waals surface area contributed by atoms with Crippen molar-refractivity contribution in [2.24, 2.45) is 7.05 Å². The molecule has 0 aliphatic heterocycles. The second-order valence-corrected chi connectivity index (χ2v) is 7.51. The number of hydrogen-bond acceptors (Lipinski definition) is 4. The number of nitrogens with one attached hydrogen (secondary N) is 1. The first kappa shape index (κ1) is 20.8. The number of amides is 1. The number of aryl methyl sites for hydroxylation is 2. The average Bonchev–Trinajstić information content (AvgIpc) is 3.08. The smallest absolute Gasteiger partial charge is 0.296 e. The van der Waals surface area contributed by atoms with E-state index in [2.05, 4.69) is 10.4 Å². The highest BCUT2D eigenvalue weighted by Gasteiger charge is 2.23. The number of fused-ring (bicyclic) bond motifs is 3. The van der Waals surface area contributed by atoms with Crippen molar-refractivity contribution in [2.75, 3.05) is 19.8 Å². The number of ether oxygens (including phenoxy) is 1. The summed E-state index contributed by atoms with van der Waals surface area (Å²) >= 11 is 0. The van der Waals surface area contributed by atoms with E-state index in [-0.39, 0.29) is 17.2 Å². The molecule has 0 saturated heterocycles. The van der Waals surface area contributed by atoms with Gasteiger partial charge in [0.25, 0.3) is 11.5 Å². The van der Waals surface area contributed by atoms with Gasteiger partial charge in [-0.15, -0.1) is 0 Å². The first-order valence-corrected chi connectivity index (χ1v) is 10.5. The van der Waals surface area contributed by atoms with E-state index in [1.165, 1.54) is 4.68 Å². The molecule has 7 heteroatoms. The van der Waals surface area contributed by atoms with Crippen LogP contribution in [0, 0.1) is 6.92 Å².